The molecule has 166 valence electrons. The fourth-order valence-electron chi connectivity index (χ4n) is 3.33. The fourth-order valence-corrected chi connectivity index (χ4v) is 4.53. The van der Waals surface area contributed by atoms with E-state index in [2.05, 4.69) is 4.98 Å². The SMILES string of the molecule is COc1cc2ncn(-c3cc(O[C@H](C)c4cccc(O)c4Cl)c(C(=O)O)s3)c2cc1OC. The Labute approximate surface area is 192 Å². The number of rotatable bonds is 7. The van der Waals surface area contributed by atoms with E-state index in [0.717, 1.165) is 16.9 Å². The Morgan fingerprint density at radius 1 is 1.16 bits per heavy atom. The Morgan fingerprint density at radius 3 is 2.56 bits per heavy atom. The molecule has 8 nitrogen and oxygen atoms in total. The van der Waals surface area contributed by atoms with Crippen LogP contribution in [-0.4, -0.2) is 40.0 Å². The van der Waals surface area contributed by atoms with Crippen molar-refractivity contribution in [3.63, 3.8) is 0 Å². The Hall–Kier alpha value is -3.43. The van der Waals surface area contributed by atoms with Gasteiger partial charge in [-0.25, -0.2) is 9.78 Å². The van der Waals surface area contributed by atoms with Gasteiger partial charge < -0.3 is 24.4 Å². The number of halogens is 1. The van der Waals surface area contributed by atoms with E-state index in [9.17, 15) is 15.0 Å². The first-order valence-corrected chi connectivity index (χ1v) is 10.6. The number of aromatic hydroxyl groups is 1. The molecule has 0 aliphatic rings. The Balaban J connectivity index is 1.75. The average molecular weight is 475 g/mol. The molecule has 0 aliphatic carbocycles. The van der Waals surface area contributed by atoms with Crippen LogP contribution in [0.25, 0.3) is 16.0 Å². The first kappa shape index (κ1) is 21.8. The van der Waals surface area contributed by atoms with E-state index >= 15 is 0 Å². The normalized spacial score (nSPS) is 12.0. The van der Waals surface area contributed by atoms with E-state index < -0.39 is 12.1 Å². The number of thiophene rings is 1. The highest BCUT2D eigenvalue weighted by Crippen LogP contribution is 2.39. The molecule has 0 spiro atoms. The molecular weight excluding hydrogens is 456 g/mol. The summed E-state index contributed by atoms with van der Waals surface area (Å²) in [6, 6.07) is 9.99. The number of imidazole rings is 1. The predicted molar refractivity (Wildman–Crippen MR) is 121 cm³/mol. The molecule has 4 aromatic rings. The second-order valence-electron chi connectivity index (χ2n) is 6.83. The third-order valence-corrected chi connectivity index (χ3v) is 6.43. The third kappa shape index (κ3) is 3.80. The van der Waals surface area contributed by atoms with E-state index in [1.54, 1.807) is 55.3 Å². The molecule has 4 rings (SSSR count). The van der Waals surface area contributed by atoms with Crippen molar-refractivity contribution < 1.29 is 29.2 Å². The molecule has 2 heterocycles. The standard InChI is InChI=1S/C22H19ClN2O6S/c1-11(12-5-4-6-15(26)20(12)23)31-18-9-19(32-21(18)22(27)28)25-10-24-13-7-16(29-2)17(30-3)8-14(13)25/h4-11,26H,1-3H3,(H,27,28)/t11-/m1/s1. The van der Waals surface area contributed by atoms with E-state index in [0.29, 0.717) is 27.6 Å². The van der Waals surface area contributed by atoms with Crippen LogP contribution in [0.3, 0.4) is 0 Å². The maximum Gasteiger partial charge on any atom is 0.349 e. The number of ether oxygens (including phenoxy) is 3. The molecule has 0 saturated heterocycles. The van der Waals surface area contributed by atoms with Gasteiger partial charge in [0.15, 0.2) is 16.4 Å². The minimum atomic E-state index is -1.12. The predicted octanol–water partition coefficient (Wildman–Crippen LogP) is 5.30. The molecule has 32 heavy (non-hydrogen) atoms. The van der Waals surface area contributed by atoms with Crippen molar-refractivity contribution in [2.45, 2.75) is 13.0 Å². The van der Waals surface area contributed by atoms with Gasteiger partial charge >= 0.3 is 5.97 Å². The van der Waals surface area contributed by atoms with Gasteiger partial charge in [0.25, 0.3) is 0 Å². The summed E-state index contributed by atoms with van der Waals surface area (Å²) in [4.78, 5) is 16.3. The molecular formula is C22H19ClN2O6S. The highest BCUT2D eigenvalue weighted by atomic mass is 35.5. The van der Waals surface area contributed by atoms with Crippen LogP contribution in [0.15, 0.2) is 42.7 Å². The number of phenols is 1. The van der Waals surface area contributed by atoms with Crippen LogP contribution in [0, 0.1) is 0 Å². The molecule has 0 amide bonds. The first-order chi connectivity index (χ1) is 15.3. The lowest BCUT2D eigenvalue weighted by Crippen LogP contribution is -2.06. The van der Waals surface area contributed by atoms with Gasteiger partial charge in [0.1, 0.15) is 28.9 Å². The largest absolute Gasteiger partial charge is 0.506 e. The molecule has 10 heteroatoms. The van der Waals surface area contributed by atoms with Gasteiger partial charge in [-0.3, -0.25) is 4.57 Å². The second kappa shape index (κ2) is 8.60. The summed E-state index contributed by atoms with van der Waals surface area (Å²) >= 11 is 7.24. The van der Waals surface area contributed by atoms with Crippen molar-refractivity contribution >= 4 is 39.9 Å². The van der Waals surface area contributed by atoms with Gasteiger partial charge in [-0.15, -0.1) is 11.3 Å². The summed E-state index contributed by atoms with van der Waals surface area (Å²) in [5.74, 6) is 0.0723. The lowest BCUT2D eigenvalue weighted by atomic mass is 10.1. The molecule has 2 aromatic heterocycles. The number of carboxylic acid groups (broad SMARTS) is 1. The smallest absolute Gasteiger partial charge is 0.349 e. The van der Waals surface area contributed by atoms with Gasteiger partial charge in [-0.2, -0.15) is 0 Å². The van der Waals surface area contributed by atoms with Crippen molar-refractivity contribution in [3.8, 4) is 28.0 Å². The summed E-state index contributed by atoms with van der Waals surface area (Å²) in [7, 11) is 3.08. The summed E-state index contributed by atoms with van der Waals surface area (Å²) in [5, 5.41) is 20.3. The molecule has 0 saturated carbocycles. The van der Waals surface area contributed by atoms with Crippen LogP contribution in [0.1, 0.15) is 28.3 Å². The number of aromatic carboxylic acids is 1. The number of hydrogen-bond donors (Lipinski definition) is 2. The van der Waals surface area contributed by atoms with Gasteiger partial charge in [0.2, 0.25) is 0 Å². The van der Waals surface area contributed by atoms with E-state index in [1.165, 1.54) is 13.2 Å². The molecule has 2 N–H and O–H groups in total. The third-order valence-electron chi connectivity index (χ3n) is 4.92. The number of methoxy groups -OCH3 is 2. The number of aromatic nitrogens is 2. The molecule has 0 fully saturated rings. The van der Waals surface area contributed by atoms with Crippen LogP contribution >= 0.6 is 22.9 Å². The van der Waals surface area contributed by atoms with E-state index in [1.807, 2.05) is 0 Å². The molecule has 0 aliphatic heterocycles. The minimum absolute atomic E-state index is 0.0328. The van der Waals surface area contributed by atoms with Crippen LogP contribution in [0.2, 0.25) is 5.02 Å². The fraction of sp³-hybridized carbons (Fsp3) is 0.182. The van der Waals surface area contributed by atoms with Crippen LogP contribution < -0.4 is 14.2 Å². The quantitative estimate of drug-likeness (QED) is 0.374. The lowest BCUT2D eigenvalue weighted by molar-refractivity contribution is 0.0695. The number of nitrogens with zero attached hydrogens (tertiary/aromatic N) is 2. The van der Waals surface area contributed by atoms with Crippen molar-refractivity contribution in [1.82, 2.24) is 9.55 Å². The molecule has 1 atom stereocenters. The number of hydrogen-bond acceptors (Lipinski definition) is 7. The first-order valence-electron chi connectivity index (χ1n) is 9.44. The Bertz CT molecular complexity index is 1320. The van der Waals surface area contributed by atoms with Crippen molar-refractivity contribution in [2.24, 2.45) is 0 Å². The van der Waals surface area contributed by atoms with Gasteiger partial charge in [0.05, 0.1) is 30.3 Å². The van der Waals surface area contributed by atoms with Crippen molar-refractivity contribution in [1.29, 1.82) is 0 Å². The summed E-state index contributed by atoms with van der Waals surface area (Å²) < 4.78 is 18.4. The summed E-state index contributed by atoms with van der Waals surface area (Å²) in [5.41, 5.74) is 1.92. The summed E-state index contributed by atoms with van der Waals surface area (Å²) in [6.45, 7) is 1.73. The molecule has 0 bridgehead atoms. The zero-order chi connectivity index (χ0) is 23.0. The number of benzene rings is 2. The van der Waals surface area contributed by atoms with E-state index in [4.69, 9.17) is 25.8 Å². The Morgan fingerprint density at radius 2 is 1.88 bits per heavy atom. The highest BCUT2D eigenvalue weighted by Gasteiger charge is 2.23. The zero-order valence-corrected chi connectivity index (χ0v) is 18.9. The maximum atomic E-state index is 11.9. The number of carboxylic acids is 1. The second-order valence-corrected chi connectivity index (χ2v) is 8.24. The monoisotopic (exact) mass is 474 g/mol. The molecule has 2 aromatic carbocycles. The topological polar surface area (TPSA) is 103 Å². The van der Waals surface area contributed by atoms with Crippen molar-refractivity contribution in [2.75, 3.05) is 14.2 Å². The number of fused-ring (bicyclic) bond motifs is 1. The van der Waals surface area contributed by atoms with Crippen LogP contribution in [-0.2, 0) is 0 Å². The highest BCUT2D eigenvalue weighted by molar-refractivity contribution is 7.16. The average Bonchev–Trinajstić information content (AvgIpc) is 3.38. The van der Waals surface area contributed by atoms with E-state index in [-0.39, 0.29) is 21.4 Å². The summed E-state index contributed by atoms with van der Waals surface area (Å²) in [6.07, 6.45) is 0.999. The van der Waals surface area contributed by atoms with Crippen LogP contribution in [0.4, 0.5) is 0 Å². The molecule has 0 radical (unpaired) electrons. The van der Waals surface area contributed by atoms with Crippen molar-refractivity contribution in [3.05, 3.63) is 58.2 Å². The minimum Gasteiger partial charge on any atom is -0.506 e. The van der Waals surface area contributed by atoms with Crippen LogP contribution in [0.5, 0.6) is 23.0 Å². The number of carbonyl (C=O) groups is 1. The molecule has 0 unspecified atom stereocenters. The van der Waals surface area contributed by atoms with Gasteiger partial charge in [-0.1, -0.05) is 23.7 Å². The van der Waals surface area contributed by atoms with Gasteiger partial charge in [-0.05, 0) is 13.0 Å². The number of phenolic OH excluding ortho intramolecular Hbond substituents is 1. The zero-order valence-electron chi connectivity index (χ0n) is 17.3. The van der Waals surface area contributed by atoms with Gasteiger partial charge in [0, 0.05) is 23.8 Å². The lowest BCUT2D eigenvalue weighted by Gasteiger charge is -2.16. The Kier molecular flexibility index (Phi) is 5.86. The maximum absolute atomic E-state index is 11.9.